The Bertz CT molecular complexity index is 1590. The van der Waals surface area contributed by atoms with Crippen molar-refractivity contribution in [1.29, 1.82) is 0 Å². The standard InChI is InChI=1S/C36H36O3P2/c1-24-17-25(2)21-30(20-24)37-40-38-35-28(5)18-26(3)22-33(35)34-23-27(4)19-29(6)36(34)39-41(31-13-9-7-10-14-31)32-15-11-8-12-16-32/h7-23,40H,1-6H3. The Morgan fingerprint density at radius 3 is 1.49 bits per heavy atom. The fraction of sp³-hybridized carbons (Fsp3) is 0.167. The third-order valence-corrected chi connectivity index (χ3v) is 9.30. The van der Waals surface area contributed by atoms with Crippen molar-refractivity contribution in [2.45, 2.75) is 41.5 Å². The van der Waals surface area contributed by atoms with E-state index in [4.69, 9.17) is 13.6 Å². The number of hydrogen-bond acceptors (Lipinski definition) is 3. The lowest BCUT2D eigenvalue weighted by atomic mass is 9.95. The molecule has 0 N–H and O–H groups in total. The predicted molar refractivity (Wildman–Crippen MR) is 176 cm³/mol. The number of rotatable bonds is 9. The number of benzene rings is 5. The Morgan fingerprint density at radius 1 is 0.488 bits per heavy atom. The molecule has 5 rings (SSSR count). The maximum Gasteiger partial charge on any atom is 0.275 e. The Balaban J connectivity index is 1.56. The summed E-state index contributed by atoms with van der Waals surface area (Å²) in [5.74, 6) is 2.51. The van der Waals surface area contributed by atoms with Crippen LogP contribution in [-0.4, -0.2) is 0 Å². The van der Waals surface area contributed by atoms with Gasteiger partial charge in [-0.1, -0.05) is 78.9 Å². The van der Waals surface area contributed by atoms with Gasteiger partial charge in [0, 0.05) is 21.7 Å². The van der Waals surface area contributed by atoms with Crippen LogP contribution in [0.3, 0.4) is 0 Å². The van der Waals surface area contributed by atoms with Gasteiger partial charge in [-0.25, -0.2) is 0 Å². The van der Waals surface area contributed by atoms with E-state index in [1.807, 2.05) is 24.3 Å². The quantitative estimate of drug-likeness (QED) is 0.163. The molecule has 0 aromatic heterocycles. The normalized spacial score (nSPS) is 11.3. The molecule has 5 aromatic rings. The zero-order valence-corrected chi connectivity index (χ0v) is 26.4. The second-order valence-electron chi connectivity index (χ2n) is 10.6. The largest absolute Gasteiger partial charge is 0.464 e. The van der Waals surface area contributed by atoms with E-state index in [1.165, 1.54) is 32.9 Å². The molecule has 0 radical (unpaired) electrons. The van der Waals surface area contributed by atoms with Crippen LogP contribution in [0, 0.1) is 41.5 Å². The highest BCUT2D eigenvalue weighted by Crippen LogP contribution is 2.47. The van der Waals surface area contributed by atoms with Crippen LogP contribution >= 0.6 is 17.2 Å². The van der Waals surface area contributed by atoms with Crippen LogP contribution < -0.4 is 24.2 Å². The summed E-state index contributed by atoms with van der Waals surface area (Å²) < 4.78 is 19.6. The van der Waals surface area contributed by atoms with Gasteiger partial charge in [0.25, 0.3) is 9.03 Å². The van der Waals surface area contributed by atoms with E-state index < -0.39 is 8.15 Å². The molecule has 0 saturated carbocycles. The van der Waals surface area contributed by atoms with Gasteiger partial charge in [0.15, 0.2) is 8.15 Å². The summed E-state index contributed by atoms with van der Waals surface area (Å²) >= 11 is 0. The maximum absolute atomic E-state index is 7.07. The smallest absolute Gasteiger partial charge is 0.275 e. The summed E-state index contributed by atoms with van der Waals surface area (Å²) in [6.45, 7) is 12.6. The molecular weight excluding hydrogens is 542 g/mol. The zero-order chi connectivity index (χ0) is 28.9. The summed E-state index contributed by atoms with van der Waals surface area (Å²) in [7, 11) is -1.28. The van der Waals surface area contributed by atoms with Gasteiger partial charge in [-0.05, 0) is 99.2 Å². The molecule has 1 unspecified atom stereocenters. The average Bonchev–Trinajstić information content (AvgIpc) is 2.93. The minimum Gasteiger partial charge on any atom is -0.464 e. The Morgan fingerprint density at radius 2 is 0.951 bits per heavy atom. The lowest BCUT2D eigenvalue weighted by Gasteiger charge is -2.24. The molecule has 0 amide bonds. The van der Waals surface area contributed by atoms with Gasteiger partial charge in [0.1, 0.15) is 17.2 Å². The minimum absolute atomic E-state index is 0.180. The summed E-state index contributed by atoms with van der Waals surface area (Å²) in [4.78, 5) is 0. The van der Waals surface area contributed by atoms with E-state index in [0.29, 0.717) is 0 Å². The van der Waals surface area contributed by atoms with E-state index in [1.54, 1.807) is 0 Å². The molecule has 0 aliphatic heterocycles. The molecule has 208 valence electrons. The summed E-state index contributed by atoms with van der Waals surface area (Å²) in [5, 5.41) is 2.33. The van der Waals surface area contributed by atoms with Gasteiger partial charge in [0.2, 0.25) is 0 Å². The first-order valence-corrected chi connectivity index (χ1v) is 15.8. The fourth-order valence-corrected chi connectivity index (χ4v) is 7.57. The van der Waals surface area contributed by atoms with Gasteiger partial charge >= 0.3 is 0 Å². The number of aryl methyl sites for hydroxylation is 6. The van der Waals surface area contributed by atoms with Crippen LogP contribution in [0.4, 0.5) is 0 Å². The van der Waals surface area contributed by atoms with Crippen molar-refractivity contribution in [1.82, 2.24) is 0 Å². The molecule has 0 saturated heterocycles. The maximum atomic E-state index is 7.07. The van der Waals surface area contributed by atoms with Crippen LogP contribution in [0.25, 0.3) is 11.1 Å². The van der Waals surface area contributed by atoms with Crippen molar-refractivity contribution >= 4 is 27.8 Å². The number of hydrogen-bond donors (Lipinski definition) is 0. The van der Waals surface area contributed by atoms with Crippen LogP contribution in [0.15, 0.2) is 103 Å². The highest BCUT2D eigenvalue weighted by Gasteiger charge is 2.23. The van der Waals surface area contributed by atoms with Crippen molar-refractivity contribution in [3.63, 3.8) is 0 Å². The van der Waals surface area contributed by atoms with E-state index in [2.05, 4.69) is 120 Å². The van der Waals surface area contributed by atoms with E-state index >= 15 is 0 Å². The first-order valence-electron chi connectivity index (χ1n) is 13.8. The van der Waals surface area contributed by atoms with Crippen LogP contribution in [0.2, 0.25) is 0 Å². The third kappa shape index (κ3) is 6.99. The van der Waals surface area contributed by atoms with Gasteiger partial charge < -0.3 is 13.6 Å². The van der Waals surface area contributed by atoms with Gasteiger partial charge in [-0.3, -0.25) is 0 Å². The van der Waals surface area contributed by atoms with Crippen LogP contribution in [0.1, 0.15) is 33.4 Å². The van der Waals surface area contributed by atoms with E-state index in [9.17, 15) is 0 Å². The van der Waals surface area contributed by atoms with Crippen molar-refractivity contribution in [3.05, 3.63) is 137 Å². The van der Waals surface area contributed by atoms with Gasteiger partial charge in [0.05, 0.1) is 0 Å². The van der Waals surface area contributed by atoms with Crippen LogP contribution in [-0.2, 0) is 0 Å². The molecule has 5 aromatic carbocycles. The monoisotopic (exact) mass is 578 g/mol. The Kier molecular flexibility index (Phi) is 9.09. The lowest BCUT2D eigenvalue weighted by Crippen LogP contribution is -2.16. The molecule has 5 heteroatoms. The summed E-state index contributed by atoms with van der Waals surface area (Å²) in [6.07, 6.45) is 0. The molecule has 0 aliphatic rings. The van der Waals surface area contributed by atoms with Gasteiger partial charge in [-0.2, -0.15) is 0 Å². The van der Waals surface area contributed by atoms with Crippen molar-refractivity contribution in [2.75, 3.05) is 0 Å². The molecule has 0 bridgehead atoms. The van der Waals surface area contributed by atoms with E-state index in [0.717, 1.165) is 39.5 Å². The van der Waals surface area contributed by atoms with Gasteiger partial charge in [-0.15, -0.1) is 0 Å². The summed E-state index contributed by atoms with van der Waals surface area (Å²) in [5.41, 5.74) is 8.88. The molecule has 41 heavy (non-hydrogen) atoms. The highest BCUT2D eigenvalue weighted by molar-refractivity contribution is 7.68. The van der Waals surface area contributed by atoms with Crippen LogP contribution in [0.5, 0.6) is 17.2 Å². The molecule has 0 spiro atoms. The van der Waals surface area contributed by atoms with Crippen molar-refractivity contribution in [2.24, 2.45) is 0 Å². The molecule has 0 fully saturated rings. The van der Waals surface area contributed by atoms with Crippen molar-refractivity contribution < 1.29 is 13.6 Å². The molecule has 0 heterocycles. The third-order valence-electron chi connectivity index (χ3n) is 6.79. The second-order valence-corrected chi connectivity index (χ2v) is 13.0. The highest BCUT2D eigenvalue weighted by atomic mass is 31.1. The fourth-order valence-electron chi connectivity index (χ4n) is 5.14. The van der Waals surface area contributed by atoms with E-state index in [-0.39, 0.29) is 9.03 Å². The minimum atomic E-state index is -1.10. The lowest BCUT2D eigenvalue weighted by molar-refractivity contribution is 0.513. The zero-order valence-electron chi connectivity index (χ0n) is 24.5. The topological polar surface area (TPSA) is 27.7 Å². The second kappa shape index (κ2) is 12.9. The Hall–Kier alpha value is -3.64. The predicted octanol–water partition coefficient (Wildman–Crippen LogP) is 9.60. The molecular formula is C36H36O3P2. The molecule has 0 aliphatic carbocycles. The molecule has 1 atom stereocenters. The first-order chi connectivity index (χ1) is 19.8. The molecule has 3 nitrogen and oxygen atoms in total. The average molecular weight is 579 g/mol. The Labute approximate surface area is 247 Å². The van der Waals surface area contributed by atoms with Crippen molar-refractivity contribution in [3.8, 4) is 28.4 Å². The summed E-state index contributed by atoms with van der Waals surface area (Å²) in [6, 6.07) is 36.0. The first kappa shape index (κ1) is 28.9. The SMILES string of the molecule is Cc1cc(C)cc(OPOc2c(C)cc(C)cc2-c2cc(C)cc(C)c2OP(c2ccccc2)c2ccccc2)c1.